The van der Waals surface area contributed by atoms with Gasteiger partial charge in [0.25, 0.3) is 0 Å². The molecule has 0 aromatic heterocycles. The van der Waals surface area contributed by atoms with E-state index in [9.17, 15) is 4.79 Å². The Labute approximate surface area is 142 Å². The van der Waals surface area contributed by atoms with Gasteiger partial charge >= 0.3 is 6.09 Å². The number of carbonyl (C=O) groups is 1. The van der Waals surface area contributed by atoms with Crippen molar-refractivity contribution in [1.29, 1.82) is 0 Å². The summed E-state index contributed by atoms with van der Waals surface area (Å²) in [5, 5.41) is 12.6. The van der Waals surface area contributed by atoms with Gasteiger partial charge in [-0.3, -0.25) is 4.90 Å². The fourth-order valence-electron chi connectivity index (χ4n) is 4.06. The maximum atomic E-state index is 11.0. The first-order valence-corrected chi connectivity index (χ1v) is 8.75. The predicted octanol–water partition coefficient (Wildman–Crippen LogP) is 3.51. The van der Waals surface area contributed by atoms with Crippen molar-refractivity contribution in [2.24, 2.45) is 11.3 Å². The zero-order valence-electron chi connectivity index (χ0n) is 13.8. The number of carboxylic acid groups (broad SMARTS) is 1. The van der Waals surface area contributed by atoms with Crippen LogP contribution in [-0.2, 0) is 4.74 Å². The molecular weight excluding hydrogens is 304 g/mol. The van der Waals surface area contributed by atoms with Crippen LogP contribution in [0.25, 0.3) is 0 Å². The van der Waals surface area contributed by atoms with E-state index >= 15 is 0 Å². The van der Waals surface area contributed by atoms with Crippen molar-refractivity contribution in [2.75, 3.05) is 31.6 Å². The van der Waals surface area contributed by atoms with E-state index in [1.807, 2.05) is 0 Å². The molecule has 3 aliphatic rings. The van der Waals surface area contributed by atoms with Crippen LogP contribution in [0.15, 0.2) is 36.5 Å². The van der Waals surface area contributed by atoms with Crippen molar-refractivity contribution in [1.82, 2.24) is 4.90 Å². The lowest BCUT2D eigenvalue weighted by Crippen LogP contribution is -2.42. The van der Waals surface area contributed by atoms with Gasteiger partial charge in [-0.25, -0.2) is 4.79 Å². The van der Waals surface area contributed by atoms with Gasteiger partial charge in [-0.05, 0) is 42.2 Å². The van der Waals surface area contributed by atoms with Gasteiger partial charge in [0.15, 0.2) is 0 Å². The van der Waals surface area contributed by atoms with Crippen molar-refractivity contribution in [3.63, 3.8) is 0 Å². The van der Waals surface area contributed by atoms with Crippen molar-refractivity contribution >= 4 is 11.8 Å². The molecule has 1 aromatic carbocycles. The minimum absolute atomic E-state index is 0.200. The first-order valence-electron chi connectivity index (χ1n) is 8.75. The van der Waals surface area contributed by atoms with Crippen molar-refractivity contribution < 1.29 is 14.6 Å². The van der Waals surface area contributed by atoms with Crippen LogP contribution in [0.1, 0.15) is 30.7 Å². The minimum atomic E-state index is -0.855. The molecule has 1 saturated heterocycles. The highest BCUT2D eigenvalue weighted by Gasteiger charge is 2.45. The van der Waals surface area contributed by atoms with Gasteiger partial charge in [0.1, 0.15) is 0 Å². The van der Waals surface area contributed by atoms with Gasteiger partial charge < -0.3 is 15.2 Å². The lowest BCUT2D eigenvalue weighted by molar-refractivity contribution is -0.0248. The van der Waals surface area contributed by atoms with Crippen molar-refractivity contribution in [2.45, 2.75) is 25.2 Å². The summed E-state index contributed by atoms with van der Waals surface area (Å²) in [4.78, 5) is 12.4. The highest BCUT2D eigenvalue weighted by atomic mass is 16.5. The monoisotopic (exact) mass is 328 g/mol. The molecule has 4 rings (SSSR count). The number of benzene rings is 1. The lowest BCUT2D eigenvalue weighted by atomic mass is 9.57. The van der Waals surface area contributed by atoms with E-state index < -0.39 is 6.09 Å². The molecule has 1 spiro atoms. The lowest BCUT2D eigenvalue weighted by Gasteiger charge is -2.49. The molecular formula is C19H24N2O3. The molecule has 5 nitrogen and oxygen atoms in total. The van der Waals surface area contributed by atoms with Crippen LogP contribution in [0, 0.1) is 11.3 Å². The normalized spacial score (nSPS) is 29.2. The van der Waals surface area contributed by atoms with Crippen LogP contribution >= 0.6 is 0 Å². The maximum Gasteiger partial charge on any atom is 0.411 e. The summed E-state index contributed by atoms with van der Waals surface area (Å²) in [5.74, 6) is 1.20. The van der Waals surface area contributed by atoms with Crippen molar-refractivity contribution in [3.8, 4) is 0 Å². The summed E-state index contributed by atoms with van der Waals surface area (Å²) in [6.07, 6.45) is 6.17. The molecule has 2 aliphatic heterocycles. The Bertz CT molecular complexity index is 648. The molecule has 2 fully saturated rings. The number of ether oxygens (including phenoxy) is 1. The van der Waals surface area contributed by atoms with E-state index in [1.165, 1.54) is 16.2 Å². The smallest absolute Gasteiger partial charge is 0.411 e. The van der Waals surface area contributed by atoms with Gasteiger partial charge in [0, 0.05) is 30.9 Å². The van der Waals surface area contributed by atoms with E-state index in [0.717, 1.165) is 39.0 Å². The molecule has 2 heterocycles. The van der Waals surface area contributed by atoms with Crippen LogP contribution < -0.4 is 5.32 Å². The molecule has 0 radical (unpaired) electrons. The third-order valence-corrected chi connectivity index (χ3v) is 5.70. The molecule has 0 bridgehead atoms. The first kappa shape index (κ1) is 15.5. The number of nitrogens with zero attached hydrogens (tertiary/aromatic N) is 1. The molecule has 1 aromatic rings. The Morgan fingerprint density at radius 2 is 2.12 bits per heavy atom. The zero-order valence-corrected chi connectivity index (χ0v) is 13.8. The third-order valence-electron chi connectivity index (χ3n) is 5.70. The zero-order chi connectivity index (χ0) is 16.6. The Kier molecular flexibility index (Phi) is 3.96. The Hall–Kier alpha value is -2.01. The number of hydrogen-bond donors (Lipinski definition) is 2. The molecule has 0 atom stereocenters. The molecule has 2 N–H and O–H groups in total. The molecule has 1 saturated carbocycles. The number of nitrogens with one attached hydrogen (secondary N) is 1. The predicted molar refractivity (Wildman–Crippen MR) is 92.1 cm³/mol. The molecule has 1 aliphatic carbocycles. The second kappa shape index (κ2) is 6.13. The Morgan fingerprint density at radius 3 is 2.75 bits per heavy atom. The molecule has 5 heteroatoms. The maximum absolute atomic E-state index is 11.0. The average Bonchev–Trinajstić information content (AvgIpc) is 2.52. The van der Waals surface area contributed by atoms with E-state index in [1.54, 1.807) is 6.20 Å². The van der Waals surface area contributed by atoms with Crippen LogP contribution in [0.2, 0.25) is 0 Å². The fraction of sp³-hybridized carbons (Fsp3) is 0.526. The van der Waals surface area contributed by atoms with Crippen LogP contribution in [0.5, 0.6) is 0 Å². The van der Waals surface area contributed by atoms with Crippen LogP contribution in [0.4, 0.5) is 10.5 Å². The highest BCUT2D eigenvalue weighted by molar-refractivity contribution is 5.66. The largest absolute Gasteiger partial charge is 0.465 e. The van der Waals surface area contributed by atoms with Gasteiger partial charge in [-0.15, -0.1) is 0 Å². The van der Waals surface area contributed by atoms with Crippen LogP contribution in [-0.4, -0.2) is 42.4 Å². The number of rotatable bonds is 4. The van der Waals surface area contributed by atoms with E-state index in [2.05, 4.69) is 35.7 Å². The second-order valence-electron chi connectivity index (χ2n) is 7.38. The summed E-state index contributed by atoms with van der Waals surface area (Å²) >= 11 is 0. The molecule has 24 heavy (non-hydrogen) atoms. The summed E-state index contributed by atoms with van der Waals surface area (Å²) in [7, 11) is 0. The van der Waals surface area contributed by atoms with Gasteiger partial charge in [-0.1, -0.05) is 24.3 Å². The first-order chi connectivity index (χ1) is 11.7. The number of amides is 1. The van der Waals surface area contributed by atoms with Gasteiger partial charge in [0.05, 0.1) is 13.2 Å². The van der Waals surface area contributed by atoms with Gasteiger partial charge in [-0.2, -0.15) is 0 Å². The standard InChI is InChI=1S/C19H24N2O3/c22-18(23)21-7-5-19(6-8-21)9-15(10-19)16-3-1-2-4-17(16)20-11-14-12-24-13-14/h1-5,7,14-15,20H,6,8-13H2,(H,22,23). The molecule has 128 valence electrons. The number of anilines is 1. The Balaban J connectivity index is 1.40. The molecule has 1 amide bonds. The summed E-state index contributed by atoms with van der Waals surface area (Å²) < 4.78 is 5.24. The van der Waals surface area contributed by atoms with E-state index in [0.29, 0.717) is 18.4 Å². The summed E-state index contributed by atoms with van der Waals surface area (Å²) in [6, 6.07) is 8.60. The number of hydrogen-bond acceptors (Lipinski definition) is 3. The SMILES string of the molecule is O=C(O)N1C=CC2(CC1)CC(c1ccccc1NCC1COC1)C2. The van der Waals surface area contributed by atoms with Crippen molar-refractivity contribution in [3.05, 3.63) is 42.1 Å². The highest BCUT2D eigenvalue weighted by Crippen LogP contribution is 2.56. The summed E-state index contributed by atoms with van der Waals surface area (Å²) in [5.41, 5.74) is 2.85. The van der Waals surface area contributed by atoms with E-state index in [4.69, 9.17) is 9.84 Å². The van der Waals surface area contributed by atoms with E-state index in [-0.39, 0.29) is 5.41 Å². The number of para-hydroxylation sites is 1. The third kappa shape index (κ3) is 2.88. The molecule has 0 unspecified atom stereocenters. The minimum Gasteiger partial charge on any atom is -0.465 e. The second-order valence-corrected chi connectivity index (χ2v) is 7.38. The Morgan fingerprint density at radius 1 is 1.33 bits per heavy atom. The topological polar surface area (TPSA) is 61.8 Å². The van der Waals surface area contributed by atoms with Crippen LogP contribution in [0.3, 0.4) is 0 Å². The van der Waals surface area contributed by atoms with Gasteiger partial charge in [0.2, 0.25) is 0 Å². The quantitative estimate of drug-likeness (QED) is 0.888. The summed E-state index contributed by atoms with van der Waals surface area (Å²) in [6.45, 7) is 3.32. The average molecular weight is 328 g/mol. The fourth-order valence-corrected chi connectivity index (χ4v) is 4.06. The number of allylic oxidation sites excluding steroid dienone is 1.